The number of amides is 1. The van der Waals surface area contributed by atoms with Crippen LogP contribution in [0.5, 0.6) is 5.75 Å². The monoisotopic (exact) mass is 422 g/mol. The largest absolute Gasteiger partial charge is 0.506 e. The molecule has 0 saturated carbocycles. The fraction of sp³-hybridized carbons (Fsp3) is 0.368. The van der Waals surface area contributed by atoms with Crippen LogP contribution in [0.25, 0.3) is 10.8 Å². The molecule has 3 N–H and O–H groups in total. The molecule has 0 fully saturated rings. The van der Waals surface area contributed by atoms with Crippen LogP contribution in [-0.2, 0) is 4.74 Å². The van der Waals surface area contributed by atoms with E-state index in [-0.39, 0.29) is 17.7 Å². The number of nitrogens with zero attached hydrogens (tertiary/aromatic N) is 1. The Labute approximate surface area is 161 Å². The Morgan fingerprint density at radius 1 is 1.23 bits per heavy atom. The van der Waals surface area contributed by atoms with Crippen molar-refractivity contribution in [2.45, 2.75) is 20.3 Å². The van der Waals surface area contributed by atoms with Gasteiger partial charge in [0.15, 0.2) is 0 Å². The fourth-order valence-corrected chi connectivity index (χ4v) is 3.22. The average Bonchev–Trinajstić information content (AvgIpc) is 2.61. The third-order valence-corrected chi connectivity index (χ3v) is 4.78. The molecule has 6 nitrogen and oxygen atoms in total. The first kappa shape index (κ1) is 20.2. The second kappa shape index (κ2) is 9.00. The summed E-state index contributed by atoms with van der Waals surface area (Å²) in [6.07, 6.45) is 0.690. The zero-order chi connectivity index (χ0) is 19.3. The topological polar surface area (TPSA) is 92.9 Å². The van der Waals surface area contributed by atoms with Crippen molar-refractivity contribution < 1.29 is 19.4 Å². The van der Waals surface area contributed by atoms with E-state index in [9.17, 15) is 14.7 Å². The Morgan fingerprint density at radius 2 is 1.92 bits per heavy atom. The van der Waals surface area contributed by atoms with E-state index in [4.69, 9.17) is 10.5 Å². The lowest BCUT2D eigenvalue weighted by Crippen LogP contribution is -2.25. The van der Waals surface area contributed by atoms with Crippen molar-refractivity contribution in [1.82, 2.24) is 4.90 Å². The number of hydrogen-bond donors (Lipinski definition) is 2. The highest BCUT2D eigenvalue weighted by molar-refractivity contribution is 9.10. The fourth-order valence-electron chi connectivity index (χ4n) is 2.84. The first-order chi connectivity index (χ1) is 12.4. The van der Waals surface area contributed by atoms with Crippen LogP contribution in [0.3, 0.4) is 0 Å². The molecule has 0 unspecified atom stereocenters. The van der Waals surface area contributed by atoms with Crippen LogP contribution in [0.2, 0.25) is 0 Å². The third-order valence-electron chi connectivity index (χ3n) is 4.29. The van der Waals surface area contributed by atoms with Gasteiger partial charge in [-0.2, -0.15) is 0 Å². The van der Waals surface area contributed by atoms with Gasteiger partial charge in [0.25, 0.3) is 5.91 Å². The normalized spacial score (nSPS) is 11.1. The molecule has 0 aromatic heterocycles. The van der Waals surface area contributed by atoms with Crippen molar-refractivity contribution in [3.63, 3.8) is 0 Å². The minimum atomic E-state index is -0.800. The second-order valence-corrected chi connectivity index (χ2v) is 6.81. The molecule has 2 aromatic rings. The second-order valence-electron chi connectivity index (χ2n) is 5.89. The Balaban J connectivity index is 2.24. The average molecular weight is 423 g/mol. The predicted octanol–water partition coefficient (Wildman–Crippen LogP) is 3.30. The van der Waals surface area contributed by atoms with Gasteiger partial charge in [0.2, 0.25) is 0 Å². The van der Waals surface area contributed by atoms with Crippen molar-refractivity contribution in [2.24, 2.45) is 5.73 Å². The molecule has 0 aliphatic carbocycles. The first-order valence-electron chi connectivity index (χ1n) is 8.53. The molecule has 0 spiro atoms. The molecular weight excluding hydrogens is 400 g/mol. The van der Waals surface area contributed by atoms with E-state index >= 15 is 0 Å². The summed E-state index contributed by atoms with van der Waals surface area (Å²) < 4.78 is 6.05. The number of carbonyl (C=O) groups excluding carboxylic acids is 2. The van der Waals surface area contributed by atoms with E-state index < -0.39 is 17.6 Å². The molecule has 7 heteroatoms. The lowest BCUT2D eigenvalue weighted by atomic mass is 9.99. The Kier molecular flexibility index (Phi) is 6.99. The van der Waals surface area contributed by atoms with Gasteiger partial charge in [0.05, 0.1) is 12.2 Å². The number of rotatable bonds is 8. The van der Waals surface area contributed by atoms with E-state index in [1.165, 1.54) is 6.07 Å². The molecule has 0 heterocycles. The zero-order valence-corrected chi connectivity index (χ0v) is 16.5. The molecule has 1 amide bonds. The Morgan fingerprint density at radius 3 is 2.54 bits per heavy atom. The number of primary amides is 1. The highest BCUT2D eigenvalue weighted by Gasteiger charge is 2.22. The van der Waals surface area contributed by atoms with Gasteiger partial charge in [-0.3, -0.25) is 4.79 Å². The molecule has 0 radical (unpaired) electrons. The lowest BCUT2D eigenvalue weighted by molar-refractivity contribution is 0.0486. The van der Waals surface area contributed by atoms with Gasteiger partial charge in [0.1, 0.15) is 11.3 Å². The van der Waals surface area contributed by atoms with E-state index in [1.807, 2.05) is 0 Å². The van der Waals surface area contributed by atoms with Gasteiger partial charge in [-0.25, -0.2) is 4.79 Å². The third kappa shape index (κ3) is 4.53. The van der Waals surface area contributed by atoms with E-state index in [0.717, 1.165) is 24.1 Å². The van der Waals surface area contributed by atoms with E-state index in [1.54, 1.807) is 18.2 Å². The van der Waals surface area contributed by atoms with Crippen LogP contribution < -0.4 is 5.73 Å². The minimum Gasteiger partial charge on any atom is -0.506 e. The Hall–Kier alpha value is -2.12. The summed E-state index contributed by atoms with van der Waals surface area (Å²) in [6.45, 7) is 7.08. The molecule has 26 heavy (non-hydrogen) atoms. The summed E-state index contributed by atoms with van der Waals surface area (Å²) >= 11 is 3.35. The quantitative estimate of drug-likeness (QED) is 0.502. The number of phenols is 1. The summed E-state index contributed by atoms with van der Waals surface area (Å²) in [5, 5.41) is 11.5. The molecule has 2 aromatic carbocycles. The number of nitrogens with two attached hydrogens (primary N) is 1. The summed E-state index contributed by atoms with van der Waals surface area (Å²) in [6, 6.07) is 6.66. The lowest BCUT2D eigenvalue weighted by Gasteiger charge is -2.17. The van der Waals surface area contributed by atoms with Gasteiger partial charge in [0, 0.05) is 11.0 Å². The van der Waals surface area contributed by atoms with E-state index in [0.29, 0.717) is 17.2 Å². The number of aromatic hydroxyl groups is 1. The maximum absolute atomic E-state index is 12.4. The summed E-state index contributed by atoms with van der Waals surface area (Å²) in [4.78, 5) is 26.4. The zero-order valence-electron chi connectivity index (χ0n) is 14.9. The summed E-state index contributed by atoms with van der Waals surface area (Å²) in [5.41, 5.74) is 5.26. The summed E-state index contributed by atoms with van der Waals surface area (Å²) in [7, 11) is 0. The maximum atomic E-state index is 12.4. The van der Waals surface area contributed by atoms with Gasteiger partial charge >= 0.3 is 5.97 Å². The number of esters is 1. The smallest absolute Gasteiger partial charge is 0.341 e. The molecule has 0 atom stereocenters. The predicted molar refractivity (Wildman–Crippen MR) is 105 cm³/mol. The number of benzene rings is 2. The highest BCUT2D eigenvalue weighted by Crippen LogP contribution is 2.33. The molecule has 0 aliphatic rings. The van der Waals surface area contributed by atoms with Crippen LogP contribution in [0.15, 0.2) is 28.7 Å². The molecular formula is C19H23BrN2O4. The van der Waals surface area contributed by atoms with Crippen LogP contribution in [0.4, 0.5) is 0 Å². The van der Waals surface area contributed by atoms with Crippen LogP contribution in [0.1, 0.15) is 41.0 Å². The number of fused-ring (bicyclic) bond motifs is 1. The highest BCUT2D eigenvalue weighted by atomic mass is 79.9. The van der Waals surface area contributed by atoms with Crippen molar-refractivity contribution in [3.8, 4) is 5.75 Å². The Bertz CT molecular complexity index is 819. The van der Waals surface area contributed by atoms with Crippen molar-refractivity contribution in [2.75, 3.05) is 26.2 Å². The number of hydrogen-bond acceptors (Lipinski definition) is 5. The molecule has 140 valence electrons. The van der Waals surface area contributed by atoms with E-state index in [2.05, 4.69) is 34.7 Å². The molecule has 0 bridgehead atoms. The van der Waals surface area contributed by atoms with Crippen molar-refractivity contribution in [1.29, 1.82) is 0 Å². The maximum Gasteiger partial charge on any atom is 0.341 e. The molecule has 2 rings (SSSR count). The van der Waals surface area contributed by atoms with Crippen LogP contribution in [0, 0.1) is 0 Å². The van der Waals surface area contributed by atoms with Gasteiger partial charge in [-0.15, -0.1) is 0 Å². The SMILES string of the molecule is CCN(CC)CCCOC(=O)c1cc2cc(Br)ccc2c(C(N)=O)c1O. The van der Waals surface area contributed by atoms with Gasteiger partial charge in [-0.05, 0) is 48.5 Å². The van der Waals surface area contributed by atoms with Crippen molar-refractivity contribution >= 4 is 38.6 Å². The first-order valence-corrected chi connectivity index (χ1v) is 9.32. The standard InChI is InChI=1S/C19H23BrN2O4/c1-3-22(4-2)8-5-9-26-19(25)15-11-12-10-13(20)6-7-14(12)16(17(15)23)18(21)24/h6-7,10-11,23H,3-5,8-9H2,1-2H3,(H2,21,24). The van der Waals surface area contributed by atoms with Gasteiger partial charge < -0.3 is 20.5 Å². The molecule has 0 aliphatic heterocycles. The summed E-state index contributed by atoms with van der Waals surface area (Å²) in [5.74, 6) is -1.92. The van der Waals surface area contributed by atoms with Crippen LogP contribution >= 0.6 is 15.9 Å². The molecule has 0 saturated heterocycles. The number of carbonyl (C=O) groups is 2. The van der Waals surface area contributed by atoms with Crippen LogP contribution in [-0.4, -0.2) is 48.1 Å². The van der Waals surface area contributed by atoms with Gasteiger partial charge in [-0.1, -0.05) is 35.8 Å². The van der Waals surface area contributed by atoms with Crippen molar-refractivity contribution in [3.05, 3.63) is 39.9 Å². The number of ether oxygens (including phenoxy) is 1. The minimum absolute atomic E-state index is 0.0627. The number of halogens is 1.